The Hall–Kier alpha value is -1.75. The maximum atomic E-state index is 12.4. The number of carbonyl (C=O) groups is 1. The van der Waals surface area contributed by atoms with E-state index in [1.807, 2.05) is 48.0 Å². The SMILES string of the molecule is CCn1ccnc1SC(C)C(=O)N(C)c1ccccc1. The van der Waals surface area contributed by atoms with Gasteiger partial charge in [0.25, 0.3) is 0 Å². The summed E-state index contributed by atoms with van der Waals surface area (Å²) in [6.45, 7) is 4.84. The Morgan fingerprint density at radius 2 is 2.10 bits per heavy atom. The van der Waals surface area contributed by atoms with E-state index in [4.69, 9.17) is 0 Å². The Bertz CT molecular complexity index is 568. The van der Waals surface area contributed by atoms with Gasteiger partial charge in [-0.25, -0.2) is 4.98 Å². The highest BCUT2D eigenvalue weighted by Crippen LogP contribution is 2.24. The van der Waals surface area contributed by atoms with Gasteiger partial charge in [-0.05, 0) is 26.0 Å². The van der Waals surface area contributed by atoms with E-state index in [-0.39, 0.29) is 11.2 Å². The van der Waals surface area contributed by atoms with Crippen molar-refractivity contribution in [3.63, 3.8) is 0 Å². The van der Waals surface area contributed by atoms with Gasteiger partial charge in [0.15, 0.2) is 5.16 Å². The second kappa shape index (κ2) is 6.61. The number of hydrogen-bond donors (Lipinski definition) is 0. The minimum absolute atomic E-state index is 0.0758. The Balaban J connectivity index is 2.05. The maximum absolute atomic E-state index is 12.4. The number of carbonyl (C=O) groups excluding carboxylic acids is 1. The molecule has 1 aromatic heterocycles. The summed E-state index contributed by atoms with van der Waals surface area (Å²) in [4.78, 5) is 18.4. The van der Waals surface area contributed by atoms with Crippen molar-refractivity contribution in [2.45, 2.75) is 30.8 Å². The average Bonchev–Trinajstić information content (AvgIpc) is 2.93. The smallest absolute Gasteiger partial charge is 0.240 e. The molecule has 1 heterocycles. The van der Waals surface area contributed by atoms with Crippen molar-refractivity contribution in [2.75, 3.05) is 11.9 Å². The molecule has 0 radical (unpaired) electrons. The van der Waals surface area contributed by atoms with Crippen LogP contribution in [0.15, 0.2) is 47.9 Å². The van der Waals surface area contributed by atoms with Gasteiger partial charge in [-0.3, -0.25) is 4.79 Å². The van der Waals surface area contributed by atoms with Gasteiger partial charge in [0.1, 0.15) is 0 Å². The van der Waals surface area contributed by atoms with E-state index in [1.165, 1.54) is 11.8 Å². The second-order valence-corrected chi connectivity index (χ2v) is 5.80. The van der Waals surface area contributed by atoms with Crippen molar-refractivity contribution >= 4 is 23.4 Å². The van der Waals surface area contributed by atoms with Gasteiger partial charge in [-0.15, -0.1) is 0 Å². The number of amides is 1. The van der Waals surface area contributed by atoms with Gasteiger partial charge < -0.3 is 9.47 Å². The summed E-state index contributed by atoms with van der Waals surface area (Å²) in [6, 6.07) is 9.67. The highest BCUT2D eigenvalue weighted by atomic mass is 32.2. The number of nitrogens with zero attached hydrogens (tertiary/aromatic N) is 3. The van der Waals surface area contributed by atoms with Crippen LogP contribution in [0.2, 0.25) is 0 Å². The molecule has 0 saturated heterocycles. The lowest BCUT2D eigenvalue weighted by atomic mass is 10.3. The topological polar surface area (TPSA) is 38.1 Å². The van der Waals surface area contributed by atoms with Crippen LogP contribution in [0.25, 0.3) is 0 Å². The number of rotatable bonds is 5. The lowest BCUT2D eigenvalue weighted by molar-refractivity contribution is -0.117. The van der Waals surface area contributed by atoms with Crippen molar-refractivity contribution in [3.8, 4) is 0 Å². The summed E-state index contributed by atoms with van der Waals surface area (Å²) in [5.41, 5.74) is 0.906. The predicted molar refractivity (Wildman–Crippen MR) is 83.1 cm³/mol. The van der Waals surface area contributed by atoms with E-state index >= 15 is 0 Å². The van der Waals surface area contributed by atoms with Crippen molar-refractivity contribution < 1.29 is 4.79 Å². The number of hydrogen-bond acceptors (Lipinski definition) is 3. The zero-order chi connectivity index (χ0) is 14.5. The zero-order valence-electron chi connectivity index (χ0n) is 12.0. The van der Waals surface area contributed by atoms with E-state index in [0.717, 1.165) is 17.4 Å². The number of thioether (sulfide) groups is 1. The molecule has 0 saturated carbocycles. The number of para-hydroxylation sites is 1. The second-order valence-electron chi connectivity index (χ2n) is 4.49. The normalized spacial score (nSPS) is 12.2. The van der Waals surface area contributed by atoms with Crippen LogP contribution in [0.1, 0.15) is 13.8 Å². The first-order valence-electron chi connectivity index (χ1n) is 6.64. The van der Waals surface area contributed by atoms with Gasteiger partial charge in [0, 0.05) is 31.7 Å². The first-order chi connectivity index (χ1) is 9.63. The molecule has 1 aromatic carbocycles. The molecular formula is C15H19N3OS. The monoisotopic (exact) mass is 289 g/mol. The van der Waals surface area contributed by atoms with Crippen molar-refractivity contribution in [1.82, 2.24) is 9.55 Å². The highest BCUT2D eigenvalue weighted by molar-refractivity contribution is 8.00. The van der Waals surface area contributed by atoms with Crippen LogP contribution in [-0.4, -0.2) is 27.8 Å². The van der Waals surface area contributed by atoms with Crippen LogP contribution in [0, 0.1) is 0 Å². The van der Waals surface area contributed by atoms with Gasteiger partial charge >= 0.3 is 0 Å². The Morgan fingerprint density at radius 3 is 2.75 bits per heavy atom. The Morgan fingerprint density at radius 1 is 1.40 bits per heavy atom. The van der Waals surface area contributed by atoms with E-state index in [2.05, 4.69) is 11.9 Å². The molecule has 106 valence electrons. The van der Waals surface area contributed by atoms with E-state index in [9.17, 15) is 4.79 Å². The number of aromatic nitrogens is 2. The molecule has 1 amide bonds. The van der Waals surface area contributed by atoms with Crippen LogP contribution < -0.4 is 4.90 Å². The van der Waals surface area contributed by atoms with Crippen molar-refractivity contribution in [3.05, 3.63) is 42.7 Å². The van der Waals surface area contributed by atoms with Crippen LogP contribution in [0.3, 0.4) is 0 Å². The lowest BCUT2D eigenvalue weighted by Gasteiger charge is -2.21. The largest absolute Gasteiger partial charge is 0.326 e. The van der Waals surface area contributed by atoms with Gasteiger partial charge in [0.05, 0.1) is 5.25 Å². The van der Waals surface area contributed by atoms with Crippen LogP contribution >= 0.6 is 11.8 Å². The number of anilines is 1. The summed E-state index contributed by atoms with van der Waals surface area (Å²) < 4.78 is 2.04. The summed E-state index contributed by atoms with van der Waals surface area (Å²) in [6.07, 6.45) is 3.70. The van der Waals surface area contributed by atoms with E-state index < -0.39 is 0 Å². The average molecular weight is 289 g/mol. The Kier molecular flexibility index (Phi) is 4.84. The number of benzene rings is 1. The molecule has 0 bridgehead atoms. The van der Waals surface area contributed by atoms with Crippen LogP contribution in [0.5, 0.6) is 0 Å². The molecule has 0 fully saturated rings. The summed E-state index contributed by atoms with van der Waals surface area (Å²) in [7, 11) is 1.81. The summed E-state index contributed by atoms with van der Waals surface area (Å²) in [5.74, 6) is 0.0758. The molecule has 4 nitrogen and oxygen atoms in total. The number of imidazole rings is 1. The standard InChI is InChI=1S/C15H19N3OS/c1-4-18-11-10-16-15(18)20-12(2)14(19)17(3)13-8-6-5-7-9-13/h5-12H,4H2,1-3H3. The van der Waals surface area contributed by atoms with Crippen LogP contribution in [-0.2, 0) is 11.3 Å². The minimum Gasteiger partial charge on any atom is -0.326 e. The Labute approximate surface area is 123 Å². The zero-order valence-corrected chi connectivity index (χ0v) is 12.8. The molecular weight excluding hydrogens is 270 g/mol. The van der Waals surface area contributed by atoms with Crippen molar-refractivity contribution in [2.24, 2.45) is 0 Å². The van der Waals surface area contributed by atoms with E-state index in [0.29, 0.717) is 0 Å². The third-order valence-electron chi connectivity index (χ3n) is 3.12. The molecule has 0 N–H and O–H groups in total. The molecule has 5 heteroatoms. The third-order valence-corrected chi connectivity index (χ3v) is 4.23. The fourth-order valence-corrected chi connectivity index (χ4v) is 2.94. The minimum atomic E-state index is -0.173. The molecule has 0 spiro atoms. The fraction of sp³-hybridized carbons (Fsp3) is 0.333. The van der Waals surface area contributed by atoms with Gasteiger partial charge in [-0.2, -0.15) is 0 Å². The maximum Gasteiger partial charge on any atom is 0.240 e. The molecule has 0 aliphatic heterocycles. The first-order valence-corrected chi connectivity index (χ1v) is 7.52. The van der Waals surface area contributed by atoms with Crippen molar-refractivity contribution in [1.29, 1.82) is 0 Å². The number of aryl methyl sites for hydroxylation is 1. The van der Waals surface area contributed by atoms with Gasteiger partial charge in [0.2, 0.25) is 5.91 Å². The fourth-order valence-electron chi connectivity index (χ4n) is 1.91. The summed E-state index contributed by atoms with van der Waals surface area (Å²) >= 11 is 1.49. The molecule has 1 unspecified atom stereocenters. The summed E-state index contributed by atoms with van der Waals surface area (Å²) in [5, 5.41) is 0.711. The molecule has 20 heavy (non-hydrogen) atoms. The lowest BCUT2D eigenvalue weighted by Crippen LogP contribution is -2.33. The highest BCUT2D eigenvalue weighted by Gasteiger charge is 2.21. The first kappa shape index (κ1) is 14.7. The molecule has 1 atom stereocenters. The molecule has 0 aliphatic rings. The van der Waals surface area contributed by atoms with Gasteiger partial charge in [-0.1, -0.05) is 30.0 Å². The predicted octanol–water partition coefficient (Wildman–Crippen LogP) is 3.05. The van der Waals surface area contributed by atoms with Crippen LogP contribution in [0.4, 0.5) is 5.69 Å². The molecule has 2 aromatic rings. The quantitative estimate of drug-likeness (QED) is 0.794. The van der Waals surface area contributed by atoms with E-state index in [1.54, 1.807) is 18.1 Å². The third kappa shape index (κ3) is 3.22. The molecule has 2 rings (SSSR count). The molecule has 0 aliphatic carbocycles.